The number of nitrogens with one attached hydrogen (secondary N) is 2. The highest BCUT2D eigenvalue weighted by atomic mass is 35.5. The Hall–Kier alpha value is -2.19. The molecule has 2 N–H and O–H groups in total. The Labute approximate surface area is 138 Å². The van der Waals surface area contributed by atoms with Crippen LogP contribution in [-0.2, 0) is 14.3 Å². The van der Waals surface area contributed by atoms with E-state index in [-0.39, 0.29) is 29.5 Å². The van der Waals surface area contributed by atoms with Crippen molar-refractivity contribution in [2.75, 3.05) is 18.5 Å². The van der Waals surface area contributed by atoms with Crippen molar-refractivity contribution in [3.05, 3.63) is 33.3 Å². The van der Waals surface area contributed by atoms with E-state index in [1.54, 1.807) is 20.8 Å². The highest BCUT2D eigenvalue weighted by Gasteiger charge is 2.29. The lowest BCUT2D eigenvalue weighted by Crippen LogP contribution is -2.50. The largest absolute Gasteiger partial charge is 0.465 e. The zero-order chi connectivity index (χ0) is 17.6. The van der Waals surface area contributed by atoms with E-state index < -0.39 is 22.3 Å². The Morgan fingerprint density at radius 3 is 2.61 bits per heavy atom. The van der Waals surface area contributed by atoms with Crippen LogP contribution in [0.4, 0.5) is 11.4 Å². The molecule has 126 valence electrons. The normalized spacial score (nSPS) is 11.0. The number of hydrogen-bond acceptors (Lipinski definition) is 6. The second-order valence-corrected chi connectivity index (χ2v) is 5.58. The smallest absolute Gasteiger partial charge is 0.325 e. The Kier molecular flexibility index (Phi) is 6.47. The number of ether oxygens (including phenoxy) is 1. The number of esters is 1. The fourth-order valence-electron chi connectivity index (χ4n) is 1.62. The van der Waals surface area contributed by atoms with Crippen LogP contribution < -0.4 is 10.6 Å². The summed E-state index contributed by atoms with van der Waals surface area (Å²) in [5.41, 5.74) is -1.09. The van der Waals surface area contributed by atoms with Crippen molar-refractivity contribution >= 4 is 34.9 Å². The molecular weight excluding hydrogens is 326 g/mol. The predicted octanol–water partition coefficient (Wildman–Crippen LogP) is 2.12. The van der Waals surface area contributed by atoms with E-state index in [1.165, 1.54) is 12.1 Å². The molecule has 0 saturated carbocycles. The standard InChI is InChI=1S/C14H18ClN3O5/c1-4-23-13(20)14(2,3)16-8-12(19)17-9-5-6-10(15)11(7-9)18(21)22/h5-7,16H,4,8H2,1-3H3,(H,17,19). The second-order valence-electron chi connectivity index (χ2n) is 5.17. The molecule has 0 aliphatic rings. The van der Waals surface area contributed by atoms with E-state index in [4.69, 9.17) is 16.3 Å². The number of amides is 1. The molecule has 0 saturated heterocycles. The summed E-state index contributed by atoms with van der Waals surface area (Å²) in [6.07, 6.45) is 0. The van der Waals surface area contributed by atoms with E-state index in [9.17, 15) is 19.7 Å². The molecule has 0 aromatic heterocycles. The summed E-state index contributed by atoms with van der Waals surface area (Å²) in [6, 6.07) is 3.94. The third-order valence-corrected chi connectivity index (χ3v) is 3.22. The molecular formula is C14H18ClN3O5. The number of carbonyl (C=O) groups is 2. The molecule has 0 unspecified atom stereocenters. The summed E-state index contributed by atoms with van der Waals surface area (Å²) in [6.45, 7) is 4.94. The number of benzene rings is 1. The molecule has 1 amide bonds. The third kappa shape index (κ3) is 5.50. The van der Waals surface area contributed by atoms with Crippen LogP contribution in [0.25, 0.3) is 0 Å². The minimum atomic E-state index is -1.03. The summed E-state index contributed by atoms with van der Waals surface area (Å²) in [5.74, 6) is -0.936. The van der Waals surface area contributed by atoms with Gasteiger partial charge in [0.15, 0.2) is 0 Å². The maximum absolute atomic E-state index is 11.9. The highest BCUT2D eigenvalue weighted by Crippen LogP contribution is 2.27. The monoisotopic (exact) mass is 343 g/mol. The molecule has 0 radical (unpaired) electrons. The summed E-state index contributed by atoms with van der Waals surface area (Å²) in [5, 5.41) is 16.0. The molecule has 9 heteroatoms. The third-order valence-electron chi connectivity index (χ3n) is 2.90. The van der Waals surface area contributed by atoms with E-state index in [0.717, 1.165) is 6.07 Å². The van der Waals surface area contributed by atoms with Crippen LogP contribution in [0.1, 0.15) is 20.8 Å². The number of halogens is 1. The molecule has 0 aliphatic carbocycles. The van der Waals surface area contributed by atoms with Crippen LogP contribution in [-0.4, -0.2) is 35.5 Å². The lowest BCUT2D eigenvalue weighted by molar-refractivity contribution is -0.384. The summed E-state index contributed by atoms with van der Waals surface area (Å²) in [7, 11) is 0. The minimum absolute atomic E-state index is 0.0189. The molecule has 8 nitrogen and oxygen atoms in total. The molecule has 23 heavy (non-hydrogen) atoms. The predicted molar refractivity (Wildman–Crippen MR) is 85.5 cm³/mol. The van der Waals surface area contributed by atoms with Gasteiger partial charge >= 0.3 is 5.97 Å². The van der Waals surface area contributed by atoms with Gasteiger partial charge in [-0.1, -0.05) is 11.6 Å². The van der Waals surface area contributed by atoms with Gasteiger partial charge in [0.05, 0.1) is 18.1 Å². The fourth-order valence-corrected chi connectivity index (χ4v) is 1.81. The number of anilines is 1. The molecule has 0 heterocycles. The molecule has 0 aliphatic heterocycles. The van der Waals surface area contributed by atoms with Gasteiger partial charge in [-0.3, -0.25) is 25.0 Å². The van der Waals surface area contributed by atoms with E-state index in [1.807, 2.05) is 0 Å². The van der Waals surface area contributed by atoms with Crippen molar-refractivity contribution in [2.24, 2.45) is 0 Å². The number of nitrogens with zero attached hydrogens (tertiary/aromatic N) is 1. The number of nitro groups is 1. The first-order valence-corrected chi connectivity index (χ1v) is 7.21. The van der Waals surface area contributed by atoms with Gasteiger partial charge in [-0.05, 0) is 32.9 Å². The van der Waals surface area contributed by atoms with Crippen LogP contribution >= 0.6 is 11.6 Å². The van der Waals surface area contributed by atoms with Gasteiger partial charge in [0.1, 0.15) is 10.6 Å². The molecule has 0 bridgehead atoms. The Balaban J connectivity index is 2.66. The second kappa shape index (κ2) is 7.89. The van der Waals surface area contributed by atoms with Gasteiger partial charge in [0.25, 0.3) is 5.69 Å². The zero-order valence-electron chi connectivity index (χ0n) is 13.0. The maximum Gasteiger partial charge on any atom is 0.325 e. The van der Waals surface area contributed by atoms with Crippen molar-refractivity contribution in [3.63, 3.8) is 0 Å². The average molecular weight is 344 g/mol. The van der Waals surface area contributed by atoms with Gasteiger partial charge in [-0.15, -0.1) is 0 Å². The van der Waals surface area contributed by atoms with Gasteiger partial charge < -0.3 is 10.1 Å². The number of hydrogen-bond donors (Lipinski definition) is 2. The molecule has 0 spiro atoms. The van der Waals surface area contributed by atoms with Crippen LogP contribution in [0.2, 0.25) is 5.02 Å². The Bertz CT molecular complexity index is 618. The fraction of sp³-hybridized carbons (Fsp3) is 0.429. The van der Waals surface area contributed by atoms with Crippen molar-refractivity contribution in [1.29, 1.82) is 0 Å². The Morgan fingerprint density at radius 1 is 1.39 bits per heavy atom. The first-order chi connectivity index (χ1) is 10.7. The molecule has 0 fully saturated rings. The van der Waals surface area contributed by atoms with Crippen molar-refractivity contribution in [1.82, 2.24) is 5.32 Å². The molecule has 0 atom stereocenters. The first-order valence-electron chi connectivity index (χ1n) is 6.83. The highest BCUT2D eigenvalue weighted by molar-refractivity contribution is 6.32. The number of carbonyl (C=O) groups excluding carboxylic acids is 2. The Morgan fingerprint density at radius 2 is 2.04 bits per heavy atom. The van der Waals surface area contributed by atoms with E-state index in [2.05, 4.69) is 10.6 Å². The summed E-state index contributed by atoms with van der Waals surface area (Å²) < 4.78 is 4.89. The van der Waals surface area contributed by atoms with E-state index in [0.29, 0.717) is 0 Å². The number of nitro benzene ring substituents is 1. The zero-order valence-corrected chi connectivity index (χ0v) is 13.8. The number of rotatable bonds is 7. The van der Waals surface area contributed by atoms with Crippen molar-refractivity contribution < 1.29 is 19.2 Å². The van der Waals surface area contributed by atoms with Crippen molar-refractivity contribution in [3.8, 4) is 0 Å². The van der Waals surface area contributed by atoms with E-state index >= 15 is 0 Å². The lowest BCUT2D eigenvalue weighted by Gasteiger charge is -2.23. The molecule has 1 aromatic rings. The lowest BCUT2D eigenvalue weighted by atomic mass is 10.1. The van der Waals surface area contributed by atoms with Crippen molar-refractivity contribution in [2.45, 2.75) is 26.3 Å². The van der Waals surface area contributed by atoms with Crippen LogP contribution in [0.5, 0.6) is 0 Å². The first kappa shape index (κ1) is 18.9. The topological polar surface area (TPSA) is 111 Å². The average Bonchev–Trinajstić information content (AvgIpc) is 2.47. The van der Waals surface area contributed by atoms with Gasteiger partial charge in [-0.2, -0.15) is 0 Å². The summed E-state index contributed by atoms with van der Waals surface area (Å²) >= 11 is 5.70. The van der Waals surface area contributed by atoms with Gasteiger partial charge in [0.2, 0.25) is 5.91 Å². The van der Waals surface area contributed by atoms with Gasteiger partial charge in [0, 0.05) is 11.8 Å². The SMILES string of the molecule is CCOC(=O)C(C)(C)NCC(=O)Nc1ccc(Cl)c([N+](=O)[O-])c1. The molecule has 1 aromatic carbocycles. The van der Waals surface area contributed by atoms with Crippen LogP contribution in [0.15, 0.2) is 18.2 Å². The maximum atomic E-state index is 11.9. The quantitative estimate of drug-likeness (QED) is 0.445. The van der Waals surface area contributed by atoms with Crippen LogP contribution in [0.3, 0.4) is 0 Å². The van der Waals surface area contributed by atoms with Crippen LogP contribution in [0, 0.1) is 10.1 Å². The minimum Gasteiger partial charge on any atom is -0.465 e. The molecule has 1 rings (SSSR count). The van der Waals surface area contributed by atoms with Gasteiger partial charge in [-0.25, -0.2) is 0 Å². The summed E-state index contributed by atoms with van der Waals surface area (Å²) in [4.78, 5) is 33.7.